The first-order valence-electron chi connectivity index (χ1n) is 6.45. The number of ether oxygens (including phenoxy) is 2. The Kier molecular flexibility index (Phi) is 3.60. The number of fused-ring (bicyclic) bond motifs is 1. The molecule has 0 aliphatic carbocycles. The Balaban J connectivity index is 1.83. The van der Waals surface area contributed by atoms with Crippen LogP contribution in [0.2, 0.25) is 5.15 Å². The zero-order valence-electron chi connectivity index (χ0n) is 11.0. The molecule has 1 N–H and O–H groups in total. The SMILES string of the molecule is CCCc1nc(Cl)cc(Nc2ccc3c(c2)OCO3)n1. The molecule has 1 aliphatic rings. The number of aryl methyl sites for hydroxylation is 1. The van der Waals surface area contributed by atoms with Gasteiger partial charge in [-0.15, -0.1) is 0 Å². The first-order chi connectivity index (χ1) is 9.74. The molecule has 0 unspecified atom stereocenters. The van der Waals surface area contributed by atoms with Crippen LogP contribution in [0.15, 0.2) is 24.3 Å². The molecule has 1 aliphatic heterocycles. The quantitative estimate of drug-likeness (QED) is 0.873. The summed E-state index contributed by atoms with van der Waals surface area (Å²) >= 11 is 6.01. The Labute approximate surface area is 121 Å². The zero-order chi connectivity index (χ0) is 13.9. The van der Waals surface area contributed by atoms with Gasteiger partial charge < -0.3 is 14.8 Å². The van der Waals surface area contributed by atoms with Crippen molar-refractivity contribution in [1.82, 2.24) is 9.97 Å². The summed E-state index contributed by atoms with van der Waals surface area (Å²) in [6.07, 6.45) is 1.78. The molecule has 0 amide bonds. The second-order valence-electron chi connectivity index (χ2n) is 4.44. The second kappa shape index (κ2) is 5.54. The molecule has 0 fully saturated rings. The van der Waals surface area contributed by atoms with Crippen LogP contribution in [0.1, 0.15) is 19.2 Å². The molecule has 0 saturated heterocycles. The minimum atomic E-state index is 0.263. The van der Waals surface area contributed by atoms with Crippen molar-refractivity contribution in [3.63, 3.8) is 0 Å². The van der Waals surface area contributed by atoms with Crippen molar-refractivity contribution in [2.75, 3.05) is 12.1 Å². The fourth-order valence-electron chi connectivity index (χ4n) is 1.99. The summed E-state index contributed by atoms with van der Waals surface area (Å²) in [7, 11) is 0. The Bertz CT molecular complexity index is 634. The number of nitrogens with one attached hydrogen (secondary N) is 1. The molecule has 6 heteroatoms. The Morgan fingerprint density at radius 3 is 2.90 bits per heavy atom. The van der Waals surface area contributed by atoms with E-state index in [-0.39, 0.29) is 6.79 Å². The van der Waals surface area contributed by atoms with Crippen LogP contribution in [0.4, 0.5) is 11.5 Å². The summed E-state index contributed by atoms with van der Waals surface area (Å²) in [5.41, 5.74) is 0.867. The van der Waals surface area contributed by atoms with Crippen molar-refractivity contribution in [2.24, 2.45) is 0 Å². The zero-order valence-corrected chi connectivity index (χ0v) is 11.8. The van der Waals surface area contributed by atoms with Crippen molar-refractivity contribution in [2.45, 2.75) is 19.8 Å². The third kappa shape index (κ3) is 2.77. The lowest BCUT2D eigenvalue weighted by atomic mass is 10.2. The molecule has 0 atom stereocenters. The van der Waals surface area contributed by atoms with Gasteiger partial charge in [0.25, 0.3) is 0 Å². The van der Waals surface area contributed by atoms with E-state index in [0.717, 1.165) is 35.9 Å². The largest absolute Gasteiger partial charge is 0.454 e. The molecule has 1 aromatic carbocycles. The standard InChI is InChI=1S/C14H14ClN3O2/c1-2-3-13-17-12(15)7-14(18-13)16-9-4-5-10-11(6-9)20-8-19-10/h4-7H,2-3,8H2,1H3,(H,16,17,18). The fraction of sp³-hybridized carbons (Fsp3) is 0.286. The van der Waals surface area contributed by atoms with E-state index < -0.39 is 0 Å². The van der Waals surface area contributed by atoms with Gasteiger partial charge in [0.2, 0.25) is 6.79 Å². The number of nitrogens with zero attached hydrogens (tertiary/aromatic N) is 2. The van der Waals surface area contributed by atoms with Crippen LogP contribution < -0.4 is 14.8 Å². The number of halogens is 1. The molecular weight excluding hydrogens is 278 g/mol. The summed E-state index contributed by atoms with van der Waals surface area (Å²) in [4.78, 5) is 8.63. The van der Waals surface area contributed by atoms with Gasteiger partial charge in [-0.1, -0.05) is 18.5 Å². The van der Waals surface area contributed by atoms with Crippen LogP contribution in [0.5, 0.6) is 11.5 Å². The highest BCUT2D eigenvalue weighted by Crippen LogP contribution is 2.35. The van der Waals surface area contributed by atoms with Gasteiger partial charge in [0, 0.05) is 24.2 Å². The molecule has 1 aromatic heterocycles. The van der Waals surface area contributed by atoms with E-state index in [2.05, 4.69) is 22.2 Å². The number of aromatic nitrogens is 2. The Morgan fingerprint density at radius 2 is 2.05 bits per heavy atom. The van der Waals surface area contributed by atoms with Crippen molar-refractivity contribution >= 4 is 23.1 Å². The molecule has 0 radical (unpaired) electrons. The lowest BCUT2D eigenvalue weighted by molar-refractivity contribution is 0.174. The highest BCUT2D eigenvalue weighted by atomic mass is 35.5. The summed E-state index contributed by atoms with van der Waals surface area (Å²) in [6, 6.07) is 7.34. The van der Waals surface area contributed by atoms with Crippen LogP contribution >= 0.6 is 11.6 Å². The molecule has 0 spiro atoms. The van der Waals surface area contributed by atoms with E-state index >= 15 is 0 Å². The number of hydrogen-bond acceptors (Lipinski definition) is 5. The number of benzene rings is 1. The maximum atomic E-state index is 6.01. The van der Waals surface area contributed by atoms with Crippen LogP contribution in [-0.2, 0) is 6.42 Å². The van der Waals surface area contributed by atoms with E-state index in [0.29, 0.717) is 11.0 Å². The first kappa shape index (κ1) is 13.0. The van der Waals surface area contributed by atoms with Crippen LogP contribution in [0.3, 0.4) is 0 Å². The van der Waals surface area contributed by atoms with Gasteiger partial charge in [0.15, 0.2) is 11.5 Å². The monoisotopic (exact) mass is 291 g/mol. The topological polar surface area (TPSA) is 56.3 Å². The van der Waals surface area contributed by atoms with Gasteiger partial charge in [-0.3, -0.25) is 0 Å². The molecule has 104 valence electrons. The predicted molar refractivity (Wildman–Crippen MR) is 76.9 cm³/mol. The lowest BCUT2D eigenvalue weighted by Gasteiger charge is -2.08. The number of anilines is 2. The highest BCUT2D eigenvalue weighted by molar-refractivity contribution is 6.29. The molecule has 0 bridgehead atoms. The summed E-state index contributed by atoms with van der Waals surface area (Å²) in [6.45, 7) is 2.34. The lowest BCUT2D eigenvalue weighted by Crippen LogP contribution is -2.00. The van der Waals surface area contributed by atoms with E-state index in [1.165, 1.54) is 0 Å². The molecule has 5 nitrogen and oxygen atoms in total. The predicted octanol–water partition coefficient (Wildman–Crippen LogP) is 3.55. The van der Waals surface area contributed by atoms with Gasteiger partial charge in [0.05, 0.1) is 0 Å². The maximum Gasteiger partial charge on any atom is 0.231 e. The van der Waals surface area contributed by atoms with Gasteiger partial charge in [-0.05, 0) is 18.6 Å². The molecular formula is C14H14ClN3O2. The van der Waals surface area contributed by atoms with Gasteiger partial charge in [-0.2, -0.15) is 0 Å². The molecule has 0 saturated carbocycles. The second-order valence-corrected chi connectivity index (χ2v) is 4.82. The van der Waals surface area contributed by atoms with Crippen molar-refractivity contribution in [3.05, 3.63) is 35.2 Å². The molecule has 2 aromatic rings. The summed E-state index contributed by atoms with van der Waals surface area (Å²) < 4.78 is 10.6. The van der Waals surface area contributed by atoms with E-state index in [1.807, 2.05) is 18.2 Å². The third-order valence-electron chi connectivity index (χ3n) is 2.86. The number of hydrogen-bond donors (Lipinski definition) is 1. The normalized spacial score (nSPS) is 12.5. The Hall–Kier alpha value is -2.01. The molecule has 20 heavy (non-hydrogen) atoms. The van der Waals surface area contributed by atoms with E-state index in [9.17, 15) is 0 Å². The highest BCUT2D eigenvalue weighted by Gasteiger charge is 2.13. The summed E-state index contributed by atoms with van der Waals surface area (Å²) in [5.74, 6) is 2.89. The minimum Gasteiger partial charge on any atom is -0.454 e. The number of rotatable bonds is 4. The van der Waals surface area contributed by atoms with Crippen LogP contribution in [0.25, 0.3) is 0 Å². The maximum absolute atomic E-state index is 6.01. The summed E-state index contributed by atoms with van der Waals surface area (Å²) in [5, 5.41) is 3.64. The van der Waals surface area contributed by atoms with E-state index in [4.69, 9.17) is 21.1 Å². The van der Waals surface area contributed by atoms with Gasteiger partial charge in [0.1, 0.15) is 16.8 Å². The Morgan fingerprint density at radius 1 is 1.20 bits per heavy atom. The van der Waals surface area contributed by atoms with E-state index in [1.54, 1.807) is 6.07 Å². The van der Waals surface area contributed by atoms with Crippen LogP contribution in [0, 0.1) is 0 Å². The van der Waals surface area contributed by atoms with Crippen molar-refractivity contribution in [1.29, 1.82) is 0 Å². The molecule has 2 heterocycles. The van der Waals surface area contributed by atoms with Gasteiger partial charge in [-0.25, -0.2) is 9.97 Å². The minimum absolute atomic E-state index is 0.263. The average molecular weight is 292 g/mol. The third-order valence-corrected chi connectivity index (χ3v) is 3.05. The van der Waals surface area contributed by atoms with Crippen molar-refractivity contribution in [3.8, 4) is 11.5 Å². The smallest absolute Gasteiger partial charge is 0.231 e. The first-order valence-corrected chi connectivity index (χ1v) is 6.82. The molecule has 3 rings (SSSR count). The van der Waals surface area contributed by atoms with Crippen molar-refractivity contribution < 1.29 is 9.47 Å². The van der Waals surface area contributed by atoms with Crippen LogP contribution in [-0.4, -0.2) is 16.8 Å². The van der Waals surface area contributed by atoms with Gasteiger partial charge >= 0.3 is 0 Å². The average Bonchev–Trinajstić information content (AvgIpc) is 2.85. The fourth-order valence-corrected chi connectivity index (χ4v) is 2.19.